The van der Waals surface area contributed by atoms with Crippen LogP contribution in [-0.4, -0.2) is 16.1 Å². The van der Waals surface area contributed by atoms with E-state index in [0.717, 1.165) is 36.8 Å². The lowest BCUT2D eigenvalue weighted by molar-refractivity contribution is 0.147. The average molecular weight is 469 g/mol. The van der Waals surface area contributed by atoms with Gasteiger partial charge in [-0.05, 0) is 37.8 Å². The molecule has 0 saturated carbocycles. The Kier molecular flexibility index (Phi) is 14.7. The summed E-state index contributed by atoms with van der Waals surface area (Å²) in [7, 11) is 0. The molecule has 0 N–H and O–H groups in total. The number of rotatable bonds is 18. The molecule has 0 saturated heterocycles. The Hall–Kier alpha value is -2.43. The lowest BCUT2D eigenvalue weighted by atomic mass is 10.1. The zero-order valence-corrected chi connectivity index (χ0v) is 21.4. The maximum atomic E-state index is 12.5. The molecule has 0 bridgehead atoms. The first kappa shape index (κ1) is 27.8. The van der Waals surface area contributed by atoms with Crippen molar-refractivity contribution < 1.29 is 14.3 Å². The molecule has 2 rings (SSSR count). The van der Waals surface area contributed by atoms with Crippen LogP contribution in [0.15, 0.2) is 36.7 Å². The molecule has 34 heavy (non-hydrogen) atoms. The first-order valence-corrected chi connectivity index (χ1v) is 13.5. The van der Waals surface area contributed by atoms with Gasteiger partial charge in [0, 0.05) is 23.5 Å². The lowest BCUT2D eigenvalue weighted by Crippen LogP contribution is -2.17. The molecule has 0 aliphatic carbocycles. The second kappa shape index (κ2) is 18.0. The van der Waals surface area contributed by atoms with E-state index in [1.54, 1.807) is 12.4 Å². The van der Waals surface area contributed by atoms with Gasteiger partial charge in [0.25, 0.3) is 0 Å². The van der Waals surface area contributed by atoms with E-state index in [-0.39, 0.29) is 0 Å². The summed E-state index contributed by atoms with van der Waals surface area (Å²) in [5, 5.41) is 0. The number of carbonyl (C=O) groups is 1. The Bertz CT molecular complexity index is 744. The molecule has 0 unspecified atom stereocenters. The van der Waals surface area contributed by atoms with Gasteiger partial charge >= 0.3 is 6.16 Å². The molecule has 2 heterocycles. The van der Waals surface area contributed by atoms with Crippen LogP contribution in [0.5, 0.6) is 11.8 Å². The van der Waals surface area contributed by atoms with E-state index < -0.39 is 6.16 Å². The number of aryl methyl sites for hydroxylation is 2. The maximum absolute atomic E-state index is 12.5. The predicted octanol–water partition coefficient (Wildman–Crippen LogP) is 8.64. The van der Waals surface area contributed by atoms with E-state index in [1.807, 2.05) is 24.3 Å². The molecule has 5 nitrogen and oxygen atoms in total. The molecule has 2 aromatic heterocycles. The molecule has 0 aliphatic rings. The van der Waals surface area contributed by atoms with E-state index in [4.69, 9.17) is 9.47 Å². The Morgan fingerprint density at radius 2 is 1.00 bits per heavy atom. The third-order valence-electron chi connectivity index (χ3n) is 6.16. The van der Waals surface area contributed by atoms with Crippen molar-refractivity contribution in [2.45, 2.75) is 117 Å². The quantitative estimate of drug-likeness (QED) is 0.162. The minimum absolute atomic E-state index is 0.336. The predicted molar refractivity (Wildman–Crippen MR) is 139 cm³/mol. The summed E-state index contributed by atoms with van der Waals surface area (Å²) in [4.78, 5) is 21.1. The fraction of sp³-hybridized carbons (Fsp3) is 0.621. The standard InChI is InChI=1S/C29H44N2O3/c1-3-5-7-9-11-13-15-19-25-21-17-23-30-27(25)33-29(32)34-28-26(22-18-24-31-28)20-16-14-12-10-8-6-4-2/h17-18,21-24H,3-16,19-20H2,1-2H3. The summed E-state index contributed by atoms with van der Waals surface area (Å²) in [6.07, 6.45) is 21.6. The fourth-order valence-corrected chi connectivity index (χ4v) is 4.14. The van der Waals surface area contributed by atoms with Gasteiger partial charge in [0.15, 0.2) is 0 Å². The Morgan fingerprint density at radius 3 is 1.41 bits per heavy atom. The van der Waals surface area contributed by atoms with Gasteiger partial charge in [-0.15, -0.1) is 0 Å². The molecule has 0 aliphatic heterocycles. The topological polar surface area (TPSA) is 61.3 Å². The van der Waals surface area contributed by atoms with Crippen molar-refractivity contribution in [1.82, 2.24) is 9.97 Å². The van der Waals surface area contributed by atoms with Crippen molar-refractivity contribution in [2.24, 2.45) is 0 Å². The molecule has 2 aromatic rings. The molecule has 0 fully saturated rings. The number of hydrogen-bond donors (Lipinski definition) is 0. The fourth-order valence-electron chi connectivity index (χ4n) is 4.14. The first-order valence-electron chi connectivity index (χ1n) is 13.5. The maximum Gasteiger partial charge on any atom is 0.522 e. The van der Waals surface area contributed by atoms with Crippen LogP contribution in [0.3, 0.4) is 0 Å². The number of ether oxygens (including phenoxy) is 2. The zero-order valence-electron chi connectivity index (χ0n) is 21.4. The van der Waals surface area contributed by atoms with Gasteiger partial charge in [0.2, 0.25) is 11.8 Å². The lowest BCUT2D eigenvalue weighted by Gasteiger charge is -2.11. The van der Waals surface area contributed by atoms with E-state index in [2.05, 4.69) is 23.8 Å². The molecule has 0 spiro atoms. The van der Waals surface area contributed by atoms with Crippen molar-refractivity contribution in [2.75, 3.05) is 0 Å². The minimum Gasteiger partial charge on any atom is -0.375 e. The number of aromatic nitrogens is 2. The van der Waals surface area contributed by atoms with Crippen molar-refractivity contribution >= 4 is 6.16 Å². The second-order valence-corrected chi connectivity index (χ2v) is 9.13. The van der Waals surface area contributed by atoms with Crippen LogP contribution in [0.2, 0.25) is 0 Å². The minimum atomic E-state index is -0.779. The highest BCUT2D eigenvalue weighted by Crippen LogP contribution is 2.22. The molecular formula is C29H44N2O3. The van der Waals surface area contributed by atoms with Gasteiger partial charge in [0.1, 0.15) is 0 Å². The summed E-state index contributed by atoms with van der Waals surface area (Å²) >= 11 is 0. The summed E-state index contributed by atoms with van der Waals surface area (Å²) in [6, 6.07) is 7.71. The van der Waals surface area contributed by atoms with Crippen molar-refractivity contribution in [3.8, 4) is 11.8 Å². The second-order valence-electron chi connectivity index (χ2n) is 9.13. The normalized spacial score (nSPS) is 10.9. The van der Waals surface area contributed by atoms with Crippen molar-refractivity contribution in [3.63, 3.8) is 0 Å². The number of carbonyl (C=O) groups excluding carboxylic acids is 1. The number of hydrogen-bond acceptors (Lipinski definition) is 5. The molecular weight excluding hydrogens is 424 g/mol. The third-order valence-corrected chi connectivity index (χ3v) is 6.16. The SMILES string of the molecule is CCCCCCCCCc1cccnc1OC(=O)Oc1ncccc1CCCCCCCCC. The van der Waals surface area contributed by atoms with Crippen LogP contribution in [0, 0.1) is 0 Å². The number of nitrogens with zero attached hydrogens (tertiary/aromatic N) is 2. The van der Waals surface area contributed by atoms with Gasteiger partial charge in [-0.25, -0.2) is 14.8 Å². The molecule has 0 aromatic carbocycles. The van der Waals surface area contributed by atoms with Crippen LogP contribution < -0.4 is 9.47 Å². The van der Waals surface area contributed by atoms with Gasteiger partial charge in [-0.2, -0.15) is 0 Å². The molecule has 188 valence electrons. The first-order chi connectivity index (χ1) is 16.7. The van der Waals surface area contributed by atoms with E-state index in [0.29, 0.717) is 11.8 Å². The number of unbranched alkanes of at least 4 members (excludes halogenated alkanes) is 12. The highest BCUT2D eigenvalue weighted by atomic mass is 16.7. The Morgan fingerprint density at radius 1 is 0.618 bits per heavy atom. The van der Waals surface area contributed by atoms with Crippen LogP contribution >= 0.6 is 0 Å². The van der Waals surface area contributed by atoms with Crippen LogP contribution in [-0.2, 0) is 12.8 Å². The summed E-state index contributed by atoms with van der Waals surface area (Å²) in [5.41, 5.74) is 1.88. The molecule has 5 heteroatoms. The third kappa shape index (κ3) is 11.6. The summed E-state index contributed by atoms with van der Waals surface area (Å²) in [6.45, 7) is 4.47. The van der Waals surface area contributed by atoms with Crippen LogP contribution in [0.4, 0.5) is 4.79 Å². The Labute approximate surface area is 206 Å². The molecule has 0 amide bonds. The van der Waals surface area contributed by atoms with Gasteiger partial charge in [-0.3, -0.25) is 0 Å². The van der Waals surface area contributed by atoms with E-state index in [9.17, 15) is 4.79 Å². The largest absolute Gasteiger partial charge is 0.522 e. The zero-order chi connectivity index (χ0) is 24.3. The average Bonchev–Trinajstić information content (AvgIpc) is 2.85. The van der Waals surface area contributed by atoms with Crippen molar-refractivity contribution in [1.29, 1.82) is 0 Å². The van der Waals surface area contributed by atoms with Crippen LogP contribution in [0.1, 0.15) is 115 Å². The van der Waals surface area contributed by atoms with Gasteiger partial charge in [0.05, 0.1) is 0 Å². The highest BCUT2D eigenvalue weighted by Gasteiger charge is 2.15. The van der Waals surface area contributed by atoms with E-state index in [1.165, 1.54) is 77.0 Å². The summed E-state index contributed by atoms with van der Waals surface area (Å²) in [5.74, 6) is 0.672. The smallest absolute Gasteiger partial charge is 0.375 e. The number of pyridine rings is 2. The van der Waals surface area contributed by atoms with E-state index >= 15 is 0 Å². The summed E-state index contributed by atoms with van der Waals surface area (Å²) < 4.78 is 11.0. The monoisotopic (exact) mass is 468 g/mol. The molecule has 0 atom stereocenters. The van der Waals surface area contributed by atoms with Gasteiger partial charge in [-0.1, -0.05) is 103 Å². The van der Waals surface area contributed by atoms with Gasteiger partial charge < -0.3 is 9.47 Å². The van der Waals surface area contributed by atoms with Crippen molar-refractivity contribution in [3.05, 3.63) is 47.8 Å². The Balaban J connectivity index is 1.79. The van der Waals surface area contributed by atoms with Crippen LogP contribution in [0.25, 0.3) is 0 Å². The molecule has 0 radical (unpaired) electrons. The highest BCUT2D eigenvalue weighted by molar-refractivity contribution is 5.66.